The van der Waals surface area contributed by atoms with Crippen LogP contribution in [0.25, 0.3) is 0 Å². The summed E-state index contributed by atoms with van der Waals surface area (Å²) in [6.45, 7) is 1.22. The van der Waals surface area contributed by atoms with Gasteiger partial charge >= 0.3 is 0 Å². The van der Waals surface area contributed by atoms with E-state index in [4.69, 9.17) is 39.5 Å². The second-order valence-electron chi connectivity index (χ2n) is 8.92. The molecule has 0 aliphatic rings. The van der Waals surface area contributed by atoms with Crippen LogP contribution in [0.1, 0.15) is 5.56 Å². The molecular weight excluding hydrogens is 645 g/mol. The van der Waals surface area contributed by atoms with Crippen LogP contribution in [0.3, 0.4) is 0 Å². The van der Waals surface area contributed by atoms with Crippen molar-refractivity contribution >= 4 is 77.8 Å². The Labute approximate surface area is 259 Å². The summed E-state index contributed by atoms with van der Waals surface area (Å²) in [7, 11) is -6.80. The minimum absolute atomic E-state index is 0.0188. The first-order valence-corrected chi connectivity index (χ1v) is 16.2. The van der Waals surface area contributed by atoms with Crippen molar-refractivity contribution in [1.29, 1.82) is 0 Å². The van der Waals surface area contributed by atoms with Crippen molar-refractivity contribution in [2.45, 2.75) is 16.7 Å². The summed E-state index contributed by atoms with van der Waals surface area (Å²) >= 11 is 18.3. The predicted molar refractivity (Wildman–Crippen MR) is 166 cm³/mol. The summed E-state index contributed by atoms with van der Waals surface area (Å²) in [5.74, 6) is -0.350. The number of sulfonamides is 2. The van der Waals surface area contributed by atoms with Crippen LogP contribution in [0.5, 0.6) is 5.75 Å². The van der Waals surface area contributed by atoms with Crippen molar-refractivity contribution in [2.75, 3.05) is 28.0 Å². The van der Waals surface area contributed by atoms with E-state index in [1.54, 1.807) is 18.2 Å². The fourth-order valence-electron chi connectivity index (χ4n) is 3.80. The molecule has 0 atom stereocenters. The highest BCUT2D eigenvalue weighted by Gasteiger charge is 2.28. The van der Waals surface area contributed by atoms with Crippen LogP contribution < -0.4 is 19.1 Å². The van der Waals surface area contributed by atoms with E-state index in [1.807, 2.05) is 6.92 Å². The third-order valence-corrected chi connectivity index (χ3v) is 10.2. The third-order valence-electron chi connectivity index (χ3n) is 5.96. The van der Waals surface area contributed by atoms with Gasteiger partial charge in [-0.15, -0.1) is 0 Å². The minimum Gasteiger partial charge on any atom is -0.495 e. The van der Waals surface area contributed by atoms with E-state index in [1.165, 1.54) is 73.8 Å². The molecule has 0 radical (unpaired) electrons. The molecular formula is C28H24Cl3N3O6S2. The van der Waals surface area contributed by atoms with E-state index in [9.17, 15) is 21.6 Å². The molecule has 2 N–H and O–H groups in total. The summed E-state index contributed by atoms with van der Waals surface area (Å²) in [6, 6.07) is 20.4. The van der Waals surface area contributed by atoms with Gasteiger partial charge < -0.3 is 10.1 Å². The first kappa shape index (κ1) is 31.5. The Hall–Kier alpha value is -3.48. The van der Waals surface area contributed by atoms with Crippen molar-refractivity contribution in [2.24, 2.45) is 0 Å². The van der Waals surface area contributed by atoms with Gasteiger partial charge in [-0.3, -0.25) is 13.8 Å². The van der Waals surface area contributed by atoms with Crippen molar-refractivity contribution in [3.63, 3.8) is 0 Å². The van der Waals surface area contributed by atoms with Crippen LogP contribution in [0, 0.1) is 6.92 Å². The molecule has 0 spiro atoms. The van der Waals surface area contributed by atoms with Gasteiger partial charge in [0.1, 0.15) is 12.3 Å². The second-order valence-corrected chi connectivity index (χ2v) is 13.7. The van der Waals surface area contributed by atoms with Gasteiger partial charge in [0.25, 0.3) is 20.0 Å². The molecule has 0 aliphatic heterocycles. The lowest BCUT2D eigenvalue weighted by Gasteiger charge is -2.24. The summed E-state index contributed by atoms with van der Waals surface area (Å²) in [5.41, 5.74) is 1.35. The van der Waals surface area contributed by atoms with E-state index in [0.717, 1.165) is 9.87 Å². The van der Waals surface area contributed by atoms with E-state index >= 15 is 0 Å². The van der Waals surface area contributed by atoms with Gasteiger partial charge in [0, 0.05) is 5.69 Å². The molecule has 4 aromatic rings. The Kier molecular flexibility index (Phi) is 9.59. The Balaban J connectivity index is 1.56. The topological polar surface area (TPSA) is 122 Å². The number of rotatable bonds is 10. The van der Waals surface area contributed by atoms with Crippen LogP contribution in [0.4, 0.5) is 17.1 Å². The van der Waals surface area contributed by atoms with E-state index in [2.05, 4.69) is 10.0 Å². The Bertz CT molecular complexity index is 1830. The van der Waals surface area contributed by atoms with Gasteiger partial charge in [-0.25, -0.2) is 16.8 Å². The average molecular weight is 669 g/mol. The average Bonchev–Trinajstić information content (AvgIpc) is 2.94. The Morgan fingerprint density at radius 2 is 1.48 bits per heavy atom. The number of nitrogens with one attached hydrogen (secondary N) is 2. The monoisotopic (exact) mass is 667 g/mol. The zero-order chi connectivity index (χ0) is 30.7. The highest BCUT2D eigenvalue weighted by atomic mass is 35.5. The van der Waals surface area contributed by atoms with E-state index < -0.39 is 32.5 Å². The number of anilines is 3. The number of halogens is 3. The number of ether oxygens (including phenoxy) is 1. The molecule has 0 saturated carbocycles. The molecule has 0 heterocycles. The molecule has 0 bridgehead atoms. The first-order valence-electron chi connectivity index (χ1n) is 12.1. The lowest BCUT2D eigenvalue weighted by molar-refractivity contribution is -0.114. The fourth-order valence-corrected chi connectivity index (χ4v) is 6.94. The maximum Gasteiger partial charge on any atom is 0.264 e. The zero-order valence-corrected chi connectivity index (χ0v) is 26.0. The summed E-state index contributed by atoms with van der Waals surface area (Å²) in [6.07, 6.45) is 0. The Morgan fingerprint density at radius 1 is 0.833 bits per heavy atom. The van der Waals surface area contributed by atoms with Crippen molar-refractivity contribution in [1.82, 2.24) is 0 Å². The highest BCUT2D eigenvalue weighted by Crippen LogP contribution is 2.33. The molecule has 9 nitrogen and oxygen atoms in total. The molecule has 4 rings (SSSR count). The molecule has 4 aromatic carbocycles. The van der Waals surface area contributed by atoms with Gasteiger partial charge in [0.05, 0.1) is 43.3 Å². The SMILES string of the molecule is COc1ccc(N(CC(=O)Nc2ccc(S(=O)(=O)Nc3cccc(Cl)c3Cl)cc2)S(=O)(=O)c2ccc(C)cc2)cc1Cl. The van der Waals surface area contributed by atoms with Crippen molar-refractivity contribution in [3.05, 3.63) is 106 Å². The maximum absolute atomic E-state index is 13.6. The molecule has 0 aromatic heterocycles. The number of aryl methyl sites for hydroxylation is 1. The maximum atomic E-state index is 13.6. The van der Waals surface area contributed by atoms with Gasteiger partial charge in [-0.1, -0.05) is 58.6 Å². The molecule has 42 heavy (non-hydrogen) atoms. The van der Waals surface area contributed by atoms with Gasteiger partial charge in [0.15, 0.2) is 0 Å². The van der Waals surface area contributed by atoms with Gasteiger partial charge in [0.2, 0.25) is 5.91 Å². The lowest BCUT2D eigenvalue weighted by Crippen LogP contribution is -2.38. The van der Waals surface area contributed by atoms with Crippen LogP contribution in [0.2, 0.25) is 15.1 Å². The zero-order valence-electron chi connectivity index (χ0n) is 22.1. The largest absolute Gasteiger partial charge is 0.495 e. The van der Waals surface area contributed by atoms with Crippen LogP contribution in [-0.4, -0.2) is 36.4 Å². The number of nitrogens with zero attached hydrogens (tertiary/aromatic N) is 1. The molecule has 0 aliphatic carbocycles. The van der Waals surface area contributed by atoms with Crippen LogP contribution in [-0.2, 0) is 24.8 Å². The summed E-state index contributed by atoms with van der Waals surface area (Å²) < 4.78 is 61.4. The molecule has 220 valence electrons. The second kappa shape index (κ2) is 12.8. The van der Waals surface area contributed by atoms with Crippen LogP contribution in [0.15, 0.2) is 94.7 Å². The molecule has 0 fully saturated rings. The molecule has 0 saturated heterocycles. The quantitative estimate of drug-likeness (QED) is 0.196. The number of benzene rings is 4. The van der Waals surface area contributed by atoms with Gasteiger partial charge in [-0.2, -0.15) is 0 Å². The standard InChI is InChI=1S/C28H24Cl3N3O6S2/c1-18-6-11-22(12-7-18)42(38,39)34(20-10-15-26(40-2)24(30)16-20)17-27(35)32-19-8-13-21(14-9-19)41(36,37)33-25-5-3-4-23(29)28(25)31/h3-16,33H,17H2,1-2H3,(H,32,35). The molecule has 14 heteroatoms. The normalized spacial score (nSPS) is 11.5. The van der Waals surface area contributed by atoms with E-state index in [-0.39, 0.29) is 41.9 Å². The number of carbonyl (C=O) groups excluding carboxylic acids is 1. The number of carbonyl (C=O) groups is 1. The van der Waals surface area contributed by atoms with Gasteiger partial charge in [-0.05, 0) is 73.7 Å². The van der Waals surface area contributed by atoms with E-state index in [0.29, 0.717) is 5.75 Å². The number of amides is 1. The smallest absolute Gasteiger partial charge is 0.264 e. The third kappa shape index (κ3) is 7.11. The molecule has 0 unspecified atom stereocenters. The number of hydrogen-bond acceptors (Lipinski definition) is 6. The first-order chi connectivity index (χ1) is 19.8. The molecule has 1 amide bonds. The van der Waals surface area contributed by atoms with Crippen molar-refractivity contribution < 1.29 is 26.4 Å². The Morgan fingerprint density at radius 3 is 2.10 bits per heavy atom. The fraction of sp³-hybridized carbons (Fsp3) is 0.107. The van der Waals surface area contributed by atoms with Crippen molar-refractivity contribution in [3.8, 4) is 5.75 Å². The minimum atomic E-state index is -4.19. The summed E-state index contributed by atoms with van der Waals surface area (Å²) in [5, 5.41) is 2.99. The highest BCUT2D eigenvalue weighted by molar-refractivity contribution is 7.93. The summed E-state index contributed by atoms with van der Waals surface area (Å²) in [4.78, 5) is 13.0. The van der Waals surface area contributed by atoms with Crippen LogP contribution >= 0.6 is 34.8 Å². The number of hydrogen-bond donors (Lipinski definition) is 2. The number of methoxy groups -OCH3 is 1. The lowest BCUT2D eigenvalue weighted by atomic mass is 10.2. The predicted octanol–water partition coefficient (Wildman–Crippen LogP) is 6.60.